The van der Waals surface area contributed by atoms with Crippen LogP contribution in [0, 0.1) is 0 Å². The van der Waals surface area contributed by atoms with Crippen LogP contribution in [0.25, 0.3) is 11.9 Å². The predicted octanol–water partition coefficient (Wildman–Crippen LogP) is 1.02. The van der Waals surface area contributed by atoms with E-state index < -0.39 is 10.0 Å². The number of nitrogens with zero attached hydrogens (tertiary/aromatic N) is 4. The van der Waals surface area contributed by atoms with Crippen LogP contribution in [-0.2, 0) is 16.6 Å². The molecule has 9 heteroatoms. The van der Waals surface area contributed by atoms with Gasteiger partial charge >= 0.3 is 0 Å². The lowest BCUT2D eigenvalue weighted by Gasteiger charge is -2.07. The third kappa shape index (κ3) is 4.74. The maximum absolute atomic E-state index is 12.0. The first-order valence-electron chi connectivity index (χ1n) is 7.84. The molecule has 0 atom stereocenters. The molecule has 0 saturated heterocycles. The number of aromatic nitrogens is 4. The molecule has 0 fully saturated rings. The first-order chi connectivity index (χ1) is 12.5. The maximum atomic E-state index is 12.0. The van der Waals surface area contributed by atoms with Crippen molar-refractivity contribution in [1.82, 2.24) is 24.3 Å². The van der Waals surface area contributed by atoms with Gasteiger partial charge in [0.05, 0.1) is 6.54 Å². The van der Waals surface area contributed by atoms with Gasteiger partial charge in [-0.15, -0.1) is 5.10 Å². The highest BCUT2D eigenvalue weighted by Crippen LogP contribution is 2.02. The van der Waals surface area contributed by atoms with Crippen LogP contribution in [0.5, 0.6) is 0 Å². The van der Waals surface area contributed by atoms with E-state index in [2.05, 4.69) is 14.9 Å². The summed E-state index contributed by atoms with van der Waals surface area (Å²) >= 11 is 0. The molecule has 3 rings (SSSR count). The van der Waals surface area contributed by atoms with Crippen molar-refractivity contribution >= 4 is 16.1 Å². The summed E-state index contributed by atoms with van der Waals surface area (Å²) in [6.07, 6.45) is 4.81. The number of benzene rings is 1. The molecule has 0 aliphatic carbocycles. The smallest absolute Gasteiger partial charge is 0.266 e. The molecule has 0 aliphatic rings. The van der Waals surface area contributed by atoms with Gasteiger partial charge in [-0.2, -0.15) is 5.10 Å². The van der Waals surface area contributed by atoms with Crippen molar-refractivity contribution in [1.29, 1.82) is 0 Å². The van der Waals surface area contributed by atoms with Gasteiger partial charge in [-0.1, -0.05) is 30.3 Å². The Balaban J connectivity index is 1.63. The van der Waals surface area contributed by atoms with E-state index in [4.69, 9.17) is 0 Å². The average Bonchev–Trinajstić information content (AvgIpc) is 3.17. The summed E-state index contributed by atoms with van der Waals surface area (Å²) in [4.78, 5) is 11.9. The second-order valence-electron chi connectivity index (χ2n) is 5.36. The molecule has 3 aromatic rings. The summed E-state index contributed by atoms with van der Waals surface area (Å²) in [6, 6.07) is 13.8. The molecular formula is C17H17N5O3S. The van der Waals surface area contributed by atoms with E-state index in [1.807, 2.05) is 18.2 Å². The van der Waals surface area contributed by atoms with Gasteiger partial charge in [-0.05, 0) is 23.8 Å². The fourth-order valence-corrected chi connectivity index (χ4v) is 3.01. The monoisotopic (exact) mass is 371 g/mol. The quantitative estimate of drug-likeness (QED) is 0.668. The maximum Gasteiger partial charge on any atom is 0.266 e. The first-order valence-corrected chi connectivity index (χ1v) is 9.39. The van der Waals surface area contributed by atoms with Gasteiger partial charge in [0.1, 0.15) is 0 Å². The molecule has 0 aliphatic heterocycles. The molecule has 0 unspecified atom stereocenters. The zero-order valence-corrected chi connectivity index (χ0v) is 14.6. The number of nitrogens with one attached hydrogen (secondary N) is 1. The predicted molar refractivity (Wildman–Crippen MR) is 98.0 cm³/mol. The van der Waals surface area contributed by atoms with Crippen LogP contribution in [0.3, 0.4) is 0 Å². The topological polar surface area (TPSA) is 98.9 Å². The third-order valence-corrected chi connectivity index (χ3v) is 4.56. The lowest BCUT2D eigenvalue weighted by Crippen LogP contribution is -2.31. The fraction of sp³-hybridized carbons (Fsp3) is 0.118. The van der Waals surface area contributed by atoms with Gasteiger partial charge in [-0.3, -0.25) is 4.79 Å². The van der Waals surface area contributed by atoms with Crippen LogP contribution in [0.2, 0.25) is 0 Å². The zero-order valence-electron chi connectivity index (χ0n) is 13.8. The molecule has 1 aromatic carbocycles. The normalized spacial score (nSPS) is 11.8. The fourth-order valence-electron chi connectivity index (χ4n) is 2.20. The van der Waals surface area contributed by atoms with Gasteiger partial charge < -0.3 is 0 Å². The summed E-state index contributed by atoms with van der Waals surface area (Å²) in [5, 5.41) is 9.32. The van der Waals surface area contributed by atoms with E-state index in [9.17, 15) is 13.2 Å². The van der Waals surface area contributed by atoms with E-state index in [0.29, 0.717) is 5.82 Å². The second kappa shape index (κ2) is 7.89. The third-order valence-electron chi connectivity index (χ3n) is 3.46. The van der Waals surface area contributed by atoms with Crippen LogP contribution < -0.4 is 10.3 Å². The van der Waals surface area contributed by atoms with Crippen molar-refractivity contribution in [3.63, 3.8) is 0 Å². The highest BCUT2D eigenvalue weighted by atomic mass is 32.2. The van der Waals surface area contributed by atoms with Crippen molar-refractivity contribution in [2.45, 2.75) is 6.54 Å². The Morgan fingerprint density at radius 3 is 2.62 bits per heavy atom. The molecular weight excluding hydrogens is 354 g/mol. The van der Waals surface area contributed by atoms with Crippen LogP contribution >= 0.6 is 0 Å². The number of hydrogen-bond donors (Lipinski definition) is 1. The van der Waals surface area contributed by atoms with Crippen molar-refractivity contribution in [3.8, 4) is 5.82 Å². The van der Waals surface area contributed by atoms with E-state index in [-0.39, 0.29) is 18.6 Å². The lowest BCUT2D eigenvalue weighted by molar-refractivity contribution is 0.546. The largest absolute Gasteiger partial charge is 0.268 e. The van der Waals surface area contributed by atoms with Gasteiger partial charge in [0, 0.05) is 30.4 Å². The Bertz CT molecular complexity index is 1040. The summed E-state index contributed by atoms with van der Waals surface area (Å²) < 4.78 is 29.2. The number of hydrogen-bond acceptors (Lipinski definition) is 5. The molecule has 134 valence electrons. The zero-order chi connectivity index (χ0) is 18.4. The van der Waals surface area contributed by atoms with Crippen LogP contribution in [0.4, 0.5) is 0 Å². The van der Waals surface area contributed by atoms with E-state index in [1.54, 1.807) is 36.7 Å². The van der Waals surface area contributed by atoms with Crippen molar-refractivity contribution < 1.29 is 8.42 Å². The molecule has 0 amide bonds. The highest BCUT2D eigenvalue weighted by Gasteiger charge is 2.07. The first kappa shape index (κ1) is 17.8. The Kier molecular flexibility index (Phi) is 5.40. The Morgan fingerprint density at radius 1 is 1.08 bits per heavy atom. The van der Waals surface area contributed by atoms with Gasteiger partial charge in [-0.25, -0.2) is 22.5 Å². The van der Waals surface area contributed by atoms with E-state index >= 15 is 0 Å². The molecule has 0 spiro atoms. The van der Waals surface area contributed by atoms with Crippen molar-refractivity contribution in [3.05, 3.63) is 82.2 Å². The van der Waals surface area contributed by atoms with Crippen LogP contribution in [0.1, 0.15) is 5.56 Å². The van der Waals surface area contributed by atoms with Crippen LogP contribution in [0.15, 0.2) is 71.1 Å². The molecule has 1 N–H and O–H groups in total. The molecule has 0 saturated carbocycles. The van der Waals surface area contributed by atoms with Crippen molar-refractivity contribution in [2.75, 3.05) is 6.54 Å². The number of rotatable bonds is 7. The minimum absolute atomic E-state index is 0.0386. The van der Waals surface area contributed by atoms with Gasteiger partial charge in [0.15, 0.2) is 5.82 Å². The standard InChI is InChI=1S/C17H17N5O3S/c23-17-8-7-16(21-12-4-10-18-21)20-22(17)13-11-19-26(24,25)14-9-15-5-2-1-3-6-15/h1-10,12,14,19H,11,13H2/b14-9+. The summed E-state index contributed by atoms with van der Waals surface area (Å²) in [5.41, 5.74) is 0.461. The molecule has 0 radical (unpaired) electrons. The van der Waals surface area contributed by atoms with Crippen molar-refractivity contribution in [2.24, 2.45) is 0 Å². The Labute approximate surface area is 150 Å². The molecule has 8 nitrogen and oxygen atoms in total. The minimum atomic E-state index is -3.61. The van der Waals surface area contributed by atoms with E-state index in [0.717, 1.165) is 11.0 Å². The highest BCUT2D eigenvalue weighted by molar-refractivity contribution is 7.92. The van der Waals surface area contributed by atoms with Gasteiger partial charge in [0.2, 0.25) is 10.0 Å². The molecule has 2 heterocycles. The van der Waals surface area contributed by atoms with E-state index in [1.165, 1.54) is 21.5 Å². The number of sulfonamides is 1. The summed E-state index contributed by atoms with van der Waals surface area (Å²) in [5.74, 6) is 0.474. The Hall–Kier alpha value is -3.04. The average molecular weight is 371 g/mol. The second-order valence-corrected chi connectivity index (χ2v) is 7.01. The molecule has 0 bridgehead atoms. The summed E-state index contributed by atoms with van der Waals surface area (Å²) in [7, 11) is -3.61. The lowest BCUT2D eigenvalue weighted by atomic mass is 10.2. The summed E-state index contributed by atoms with van der Waals surface area (Å²) in [6.45, 7) is 0.142. The molecule has 26 heavy (non-hydrogen) atoms. The van der Waals surface area contributed by atoms with Crippen LogP contribution in [-0.4, -0.2) is 34.5 Å². The minimum Gasteiger partial charge on any atom is -0.268 e. The SMILES string of the molecule is O=c1ccc(-n2cccn2)nn1CCNS(=O)(=O)/C=C/c1ccccc1. The Morgan fingerprint density at radius 2 is 1.88 bits per heavy atom. The molecule has 2 aromatic heterocycles. The van der Waals surface area contributed by atoms with Gasteiger partial charge in [0.25, 0.3) is 5.56 Å².